The highest BCUT2D eigenvalue weighted by molar-refractivity contribution is 5.96. The van der Waals surface area contributed by atoms with Gasteiger partial charge in [-0.3, -0.25) is 9.59 Å². The molecule has 5 heteroatoms. The van der Waals surface area contributed by atoms with Gasteiger partial charge >= 0.3 is 0 Å². The summed E-state index contributed by atoms with van der Waals surface area (Å²) in [6, 6.07) is 13.1. The lowest BCUT2D eigenvalue weighted by Gasteiger charge is -2.16. The van der Waals surface area contributed by atoms with E-state index in [1.54, 1.807) is 29.2 Å². The molecule has 2 amide bonds. The quantitative estimate of drug-likeness (QED) is 0.943. The summed E-state index contributed by atoms with van der Waals surface area (Å²) in [5.74, 6) is -0.346. The molecule has 1 fully saturated rings. The van der Waals surface area contributed by atoms with Gasteiger partial charge in [-0.25, -0.2) is 4.39 Å². The second kappa shape index (κ2) is 6.60. The number of nitrogens with one attached hydrogen (secondary N) is 1. The van der Waals surface area contributed by atoms with Gasteiger partial charge in [0, 0.05) is 24.3 Å². The number of halogens is 1. The Kier molecular flexibility index (Phi) is 4.37. The Labute approximate surface area is 133 Å². The summed E-state index contributed by atoms with van der Waals surface area (Å²) in [6.45, 7) is 0.745. The Morgan fingerprint density at radius 3 is 2.39 bits per heavy atom. The summed E-state index contributed by atoms with van der Waals surface area (Å²) in [5.41, 5.74) is 2.28. The van der Waals surface area contributed by atoms with E-state index in [2.05, 4.69) is 5.32 Å². The predicted octanol–water partition coefficient (Wildman–Crippen LogP) is 3.13. The highest BCUT2D eigenvalue weighted by Gasteiger charge is 2.21. The molecule has 3 rings (SSSR count). The first-order chi connectivity index (χ1) is 11.1. The standard InChI is InChI=1S/C18H17FN2O2/c19-14-5-3-13(4-6-14)12-17(22)20-15-7-9-16(10-8-15)21-11-1-2-18(21)23/h3-10H,1-2,11-12H2,(H,20,22). The third-order valence-electron chi connectivity index (χ3n) is 3.81. The molecule has 1 aliphatic heterocycles. The number of anilines is 2. The fourth-order valence-corrected chi connectivity index (χ4v) is 2.64. The molecule has 2 aromatic carbocycles. The van der Waals surface area contributed by atoms with Gasteiger partial charge in [0.1, 0.15) is 5.82 Å². The summed E-state index contributed by atoms with van der Waals surface area (Å²) >= 11 is 0. The normalized spacial score (nSPS) is 14.1. The van der Waals surface area contributed by atoms with Crippen LogP contribution in [0.15, 0.2) is 48.5 Å². The van der Waals surface area contributed by atoms with Crippen molar-refractivity contribution in [1.29, 1.82) is 0 Å². The van der Waals surface area contributed by atoms with Crippen LogP contribution in [-0.2, 0) is 16.0 Å². The minimum atomic E-state index is -0.318. The minimum absolute atomic E-state index is 0.137. The highest BCUT2D eigenvalue weighted by atomic mass is 19.1. The van der Waals surface area contributed by atoms with Crippen molar-refractivity contribution >= 4 is 23.2 Å². The van der Waals surface area contributed by atoms with E-state index >= 15 is 0 Å². The van der Waals surface area contributed by atoms with E-state index in [9.17, 15) is 14.0 Å². The molecule has 0 radical (unpaired) electrons. The van der Waals surface area contributed by atoms with E-state index < -0.39 is 0 Å². The Morgan fingerprint density at radius 1 is 1.09 bits per heavy atom. The minimum Gasteiger partial charge on any atom is -0.326 e. The molecule has 118 valence electrons. The van der Waals surface area contributed by atoms with Gasteiger partial charge in [-0.05, 0) is 48.4 Å². The van der Waals surface area contributed by atoms with Gasteiger partial charge in [0.25, 0.3) is 0 Å². The smallest absolute Gasteiger partial charge is 0.228 e. The topological polar surface area (TPSA) is 49.4 Å². The number of benzene rings is 2. The second-order valence-electron chi connectivity index (χ2n) is 5.55. The van der Waals surface area contributed by atoms with Gasteiger partial charge in [0.15, 0.2) is 0 Å². The average molecular weight is 312 g/mol. The summed E-state index contributed by atoms with van der Waals surface area (Å²) in [4.78, 5) is 25.4. The lowest BCUT2D eigenvalue weighted by molar-refractivity contribution is -0.117. The van der Waals surface area contributed by atoms with Gasteiger partial charge in [0.05, 0.1) is 6.42 Å². The largest absolute Gasteiger partial charge is 0.326 e. The lowest BCUT2D eigenvalue weighted by atomic mass is 10.1. The Hall–Kier alpha value is -2.69. The molecule has 0 aliphatic carbocycles. The van der Waals surface area contributed by atoms with Crippen molar-refractivity contribution in [3.63, 3.8) is 0 Å². The van der Waals surface area contributed by atoms with E-state index in [1.807, 2.05) is 12.1 Å². The van der Waals surface area contributed by atoms with Crippen LogP contribution in [0.3, 0.4) is 0 Å². The molecule has 0 saturated carbocycles. The zero-order valence-corrected chi connectivity index (χ0v) is 12.6. The number of nitrogens with zero attached hydrogens (tertiary/aromatic N) is 1. The molecule has 0 atom stereocenters. The Bertz CT molecular complexity index is 711. The first-order valence-electron chi connectivity index (χ1n) is 7.56. The van der Waals surface area contributed by atoms with E-state index in [1.165, 1.54) is 12.1 Å². The van der Waals surface area contributed by atoms with Crippen LogP contribution >= 0.6 is 0 Å². The number of carbonyl (C=O) groups is 2. The predicted molar refractivity (Wildman–Crippen MR) is 86.8 cm³/mol. The summed E-state index contributed by atoms with van der Waals surface area (Å²) in [5, 5.41) is 2.80. The fourth-order valence-electron chi connectivity index (χ4n) is 2.64. The van der Waals surface area contributed by atoms with Crippen LogP contribution in [-0.4, -0.2) is 18.4 Å². The van der Waals surface area contributed by atoms with E-state index in [4.69, 9.17) is 0 Å². The number of rotatable bonds is 4. The van der Waals surface area contributed by atoms with Crippen LogP contribution in [0.25, 0.3) is 0 Å². The van der Waals surface area contributed by atoms with E-state index in [0.29, 0.717) is 12.1 Å². The zero-order chi connectivity index (χ0) is 16.2. The maximum atomic E-state index is 12.8. The average Bonchev–Trinajstić information content (AvgIpc) is 2.96. The van der Waals surface area contributed by atoms with Crippen LogP contribution < -0.4 is 10.2 Å². The fraction of sp³-hybridized carbons (Fsp3) is 0.222. The van der Waals surface area contributed by atoms with E-state index in [-0.39, 0.29) is 24.1 Å². The monoisotopic (exact) mass is 312 g/mol. The van der Waals surface area contributed by atoms with Crippen molar-refractivity contribution < 1.29 is 14.0 Å². The number of hydrogen-bond donors (Lipinski definition) is 1. The van der Waals surface area contributed by atoms with Gasteiger partial charge in [0.2, 0.25) is 11.8 Å². The van der Waals surface area contributed by atoms with E-state index in [0.717, 1.165) is 24.2 Å². The summed E-state index contributed by atoms with van der Waals surface area (Å²) in [7, 11) is 0. The van der Waals surface area contributed by atoms with Gasteiger partial charge in [-0.15, -0.1) is 0 Å². The molecular weight excluding hydrogens is 295 g/mol. The molecule has 0 unspecified atom stereocenters. The van der Waals surface area contributed by atoms with Gasteiger partial charge < -0.3 is 10.2 Å². The van der Waals surface area contributed by atoms with Crippen molar-refractivity contribution in [2.75, 3.05) is 16.8 Å². The number of hydrogen-bond acceptors (Lipinski definition) is 2. The maximum absolute atomic E-state index is 12.8. The lowest BCUT2D eigenvalue weighted by Crippen LogP contribution is -2.23. The molecule has 0 bridgehead atoms. The van der Waals surface area contributed by atoms with Gasteiger partial charge in [-0.2, -0.15) is 0 Å². The first-order valence-corrected chi connectivity index (χ1v) is 7.56. The molecule has 1 aliphatic rings. The highest BCUT2D eigenvalue weighted by Crippen LogP contribution is 2.23. The van der Waals surface area contributed by atoms with Gasteiger partial charge in [-0.1, -0.05) is 12.1 Å². The molecule has 1 N–H and O–H groups in total. The van der Waals surface area contributed by atoms with Crippen LogP contribution in [0.4, 0.5) is 15.8 Å². The van der Waals surface area contributed by atoms with Crippen molar-refractivity contribution in [2.24, 2.45) is 0 Å². The van der Waals surface area contributed by atoms with Crippen LogP contribution in [0.1, 0.15) is 18.4 Å². The second-order valence-corrected chi connectivity index (χ2v) is 5.55. The molecular formula is C18H17FN2O2. The Morgan fingerprint density at radius 2 is 1.78 bits per heavy atom. The Balaban J connectivity index is 1.60. The number of carbonyl (C=O) groups excluding carboxylic acids is 2. The maximum Gasteiger partial charge on any atom is 0.228 e. The SMILES string of the molecule is O=C(Cc1ccc(F)cc1)Nc1ccc(N2CCCC2=O)cc1. The number of amides is 2. The molecule has 23 heavy (non-hydrogen) atoms. The van der Waals surface area contributed by atoms with Crippen LogP contribution in [0.2, 0.25) is 0 Å². The van der Waals surface area contributed by atoms with Crippen molar-refractivity contribution in [3.05, 3.63) is 59.9 Å². The van der Waals surface area contributed by atoms with Crippen LogP contribution in [0.5, 0.6) is 0 Å². The molecule has 0 spiro atoms. The summed E-state index contributed by atoms with van der Waals surface area (Å²) in [6.07, 6.45) is 1.66. The van der Waals surface area contributed by atoms with Crippen molar-refractivity contribution in [2.45, 2.75) is 19.3 Å². The third kappa shape index (κ3) is 3.74. The van der Waals surface area contributed by atoms with Crippen LogP contribution in [0, 0.1) is 5.82 Å². The third-order valence-corrected chi connectivity index (χ3v) is 3.81. The zero-order valence-electron chi connectivity index (χ0n) is 12.6. The van der Waals surface area contributed by atoms with Crippen molar-refractivity contribution in [3.8, 4) is 0 Å². The first kappa shape index (κ1) is 15.2. The molecule has 4 nitrogen and oxygen atoms in total. The van der Waals surface area contributed by atoms with Crippen molar-refractivity contribution in [1.82, 2.24) is 0 Å². The molecule has 1 heterocycles. The molecule has 2 aromatic rings. The summed E-state index contributed by atoms with van der Waals surface area (Å²) < 4.78 is 12.8. The molecule has 1 saturated heterocycles. The molecule has 0 aromatic heterocycles.